The van der Waals surface area contributed by atoms with Crippen molar-refractivity contribution in [2.75, 3.05) is 7.05 Å². The van der Waals surface area contributed by atoms with Gasteiger partial charge in [0, 0.05) is 7.05 Å². The third kappa shape index (κ3) is 2.48. The lowest BCUT2D eigenvalue weighted by molar-refractivity contribution is -0.141. The van der Waals surface area contributed by atoms with Gasteiger partial charge in [0.1, 0.15) is 12.4 Å². The summed E-state index contributed by atoms with van der Waals surface area (Å²) in [7, 11) is 1.44. The molecule has 1 N–H and O–H groups in total. The molecule has 1 heterocycles. The van der Waals surface area contributed by atoms with Crippen LogP contribution in [0.2, 0.25) is 0 Å². The third-order valence-corrected chi connectivity index (χ3v) is 2.99. The van der Waals surface area contributed by atoms with E-state index >= 15 is 0 Å². The average molecular weight is 275 g/mol. The average Bonchev–Trinajstić information content (AvgIpc) is 2.98. The molecule has 0 aliphatic heterocycles. The Balaban J connectivity index is 2.38. The van der Waals surface area contributed by atoms with Crippen LogP contribution in [0.25, 0.3) is 5.69 Å². The number of tetrazole rings is 1. The van der Waals surface area contributed by atoms with E-state index in [0.717, 1.165) is 4.90 Å². The van der Waals surface area contributed by atoms with Crippen molar-refractivity contribution in [2.45, 2.75) is 13.0 Å². The number of hydrogen-bond donors (Lipinski definition) is 1. The molecule has 1 amide bonds. The van der Waals surface area contributed by atoms with E-state index in [1.807, 2.05) is 0 Å². The first-order valence-corrected chi connectivity index (χ1v) is 5.84. The Kier molecular flexibility index (Phi) is 3.74. The van der Waals surface area contributed by atoms with Crippen molar-refractivity contribution in [1.82, 2.24) is 25.1 Å². The van der Waals surface area contributed by atoms with Crippen molar-refractivity contribution in [3.63, 3.8) is 0 Å². The summed E-state index contributed by atoms with van der Waals surface area (Å²) in [6.07, 6.45) is 1.37. The molecule has 0 bridgehead atoms. The molecule has 1 aromatic carbocycles. The zero-order chi connectivity index (χ0) is 14.7. The number of hydrogen-bond acceptors (Lipinski definition) is 5. The Morgan fingerprint density at radius 3 is 2.65 bits per heavy atom. The molecule has 104 valence electrons. The van der Waals surface area contributed by atoms with E-state index in [4.69, 9.17) is 5.11 Å². The summed E-state index contributed by atoms with van der Waals surface area (Å²) in [6.45, 7) is 1.44. The molecule has 0 spiro atoms. The van der Waals surface area contributed by atoms with E-state index in [1.54, 1.807) is 24.3 Å². The number of carboxylic acid groups (broad SMARTS) is 1. The van der Waals surface area contributed by atoms with Crippen LogP contribution in [0.1, 0.15) is 17.3 Å². The second-order valence-corrected chi connectivity index (χ2v) is 4.20. The Morgan fingerprint density at radius 1 is 1.35 bits per heavy atom. The van der Waals surface area contributed by atoms with Crippen molar-refractivity contribution in [2.24, 2.45) is 0 Å². The summed E-state index contributed by atoms with van der Waals surface area (Å²) in [5.74, 6) is -1.48. The number of carbonyl (C=O) groups is 2. The lowest BCUT2D eigenvalue weighted by Gasteiger charge is -2.22. The highest BCUT2D eigenvalue weighted by Crippen LogP contribution is 2.15. The Bertz CT molecular complexity index is 626. The number of para-hydroxylation sites is 1. The van der Waals surface area contributed by atoms with Crippen LogP contribution in [0.3, 0.4) is 0 Å². The largest absolute Gasteiger partial charge is 0.480 e. The molecule has 2 aromatic rings. The lowest BCUT2D eigenvalue weighted by Crippen LogP contribution is -2.40. The fraction of sp³-hybridized carbons (Fsp3) is 0.250. The predicted molar refractivity (Wildman–Crippen MR) is 68.3 cm³/mol. The molecule has 0 saturated carbocycles. The number of carboxylic acids is 1. The Morgan fingerprint density at radius 2 is 2.05 bits per heavy atom. The molecular weight excluding hydrogens is 262 g/mol. The summed E-state index contributed by atoms with van der Waals surface area (Å²) in [5, 5.41) is 19.7. The van der Waals surface area contributed by atoms with Crippen LogP contribution in [-0.2, 0) is 4.79 Å². The quantitative estimate of drug-likeness (QED) is 0.855. The van der Waals surface area contributed by atoms with Crippen LogP contribution >= 0.6 is 0 Å². The Hall–Kier alpha value is -2.77. The van der Waals surface area contributed by atoms with E-state index in [-0.39, 0.29) is 0 Å². The molecular formula is C12H13N5O3. The van der Waals surface area contributed by atoms with E-state index in [0.29, 0.717) is 11.3 Å². The molecule has 0 aliphatic carbocycles. The summed E-state index contributed by atoms with van der Waals surface area (Å²) in [6, 6.07) is 5.80. The molecule has 0 saturated heterocycles. The molecule has 8 nitrogen and oxygen atoms in total. The van der Waals surface area contributed by atoms with E-state index in [1.165, 1.54) is 25.0 Å². The fourth-order valence-corrected chi connectivity index (χ4v) is 1.66. The van der Waals surface area contributed by atoms with Crippen molar-refractivity contribution >= 4 is 11.9 Å². The highest BCUT2D eigenvalue weighted by Gasteiger charge is 2.24. The maximum Gasteiger partial charge on any atom is 0.326 e. The summed E-state index contributed by atoms with van der Waals surface area (Å²) >= 11 is 0. The monoisotopic (exact) mass is 275 g/mol. The van der Waals surface area contributed by atoms with Gasteiger partial charge in [0.05, 0.1) is 11.3 Å². The number of amides is 1. The van der Waals surface area contributed by atoms with E-state index < -0.39 is 17.9 Å². The van der Waals surface area contributed by atoms with Crippen LogP contribution < -0.4 is 0 Å². The van der Waals surface area contributed by atoms with Crippen LogP contribution in [0.5, 0.6) is 0 Å². The second kappa shape index (κ2) is 5.47. The molecule has 2 rings (SSSR count). The first-order valence-electron chi connectivity index (χ1n) is 5.84. The van der Waals surface area contributed by atoms with Gasteiger partial charge in [-0.15, -0.1) is 5.10 Å². The number of rotatable bonds is 4. The van der Waals surface area contributed by atoms with Gasteiger partial charge >= 0.3 is 5.97 Å². The molecule has 20 heavy (non-hydrogen) atoms. The lowest BCUT2D eigenvalue weighted by atomic mass is 10.1. The van der Waals surface area contributed by atoms with E-state index in [9.17, 15) is 9.59 Å². The number of carbonyl (C=O) groups excluding carboxylic acids is 1. The molecule has 8 heteroatoms. The second-order valence-electron chi connectivity index (χ2n) is 4.20. The highest BCUT2D eigenvalue weighted by molar-refractivity contribution is 5.99. The van der Waals surface area contributed by atoms with Gasteiger partial charge < -0.3 is 10.0 Å². The number of aromatic nitrogens is 4. The van der Waals surface area contributed by atoms with Gasteiger partial charge in [-0.1, -0.05) is 12.1 Å². The smallest absolute Gasteiger partial charge is 0.326 e. The van der Waals surface area contributed by atoms with Crippen molar-refractivity contribution < 1.29 is 14.7 Å². The van der Waals surface area contributed by atoms with Gasteiger partial charge in [-0.05, 0) is 29.5 Å². The van der Waals surface area contributed by atoms with Gasteiger partial charge in [-0.25, -0.2) is 4.79 Å². The summed E-state index contributed by atoms with van der Waals surface area (Å²) in [5.41, 5.74) is 0.822. The minimum Gasteiger partial charge on any atom is -0.480 e. The molecule has 0 fully saturated rings. The summed E-state index contributed by atoms with van der Waals surface area (Å²) in [4.78, 5) is 24.5. The minimum absolute atomic E-state index is 0.329. The number of aliphatic carboxylic acids is 1. The fourth-order valence-electron chi connectivity index (χ4n) is 1.66. The first kappa shape index (κ1) is 13.7. The molecule has 1 unspecified atom stereocenters. The maximum atomic E-state index is 12.4. The van der Waals surface area contributed by atoms with Crippen LogP contribution in [0, 0.1) is 0 Å². The van der Waals surface area contributed by atoms with Gasteiger partial charge in [0.15, 0.2) is 0 Å². The normalized spacial score (nSPS) is 11.9. The Labute approximate surface area is 114 Å². The molecule has 1 aromatic heterocycles. The molecule has 0 radical (unpaired) electrons. The predicted octanol–water partition coefficient (Wildman–Crippen LogP) is 0.207. The van der Waals surface area contributed by atoms with Crippen LogP contribution in [0.4, 0.5) is 0 Å². The van der Waals surface area contributed by atoms with Gasteiger partial charge in [0.25, 0.3) is 5.91 Å². The van der Waals surface area contributed by atoms with Crippen LogP contribution in [-0.4, -0.2) is 55.2 Å². The number of nitrogens with zero attached hydrogens (tertiary/aromatic N) is 5. The molecule has 1 atom stereocenters. The standard InChI is InChI=1S/C12H13N5O3/c1-8(12(19)20)16(2)11(18)9-5-3-4-6-10(9)17-7-13-14-15-17/h3-8H,1-2H3,(H,19,20). The highest BCUT2D eigenvalue weighted by atomic mass is 16.4. The van der Waals surface area contributed by atoms with Crippen molar-refractivity contribution in [3.05, 3.63) is 36.2 Å². The first-order chi connectivity index (χ1) is 9.52. The zero-order valence-corrected chi connectivity index (χ0v) is 11.0. The van der Waals surface area contributed by atoms with Gasteiger partial charge in [-0.3, -0.25) is 4.79 Å². The summed E-state index contributed by atoms with van der Waals surface area (Å²) < 4.78 is 1.35. The molecule has 0 aliphatic rings. The topological polar surface area (TPSA) is 101 Å². The van der Waals surface area contributed by atoms with Gasteiger partial charge in [0.2, 0.25) is 0 Å². The van der Waals surface area contributed by atoms with Gasteiger partial charge in [-0.2, -0.15) is 4.68 Å². The van der Waals surface area contributed by atoms with Crippen molar-refractivity contribution in [3.8, 4) is 5.69 Å². The SMILES string of the molecule is CC(C(=O)O)N(C)C(=O)c1ccccc1-n1cnnn1. The third-order valence-electron chi connectivity index (χ3n) is 2.99. The maximum absolute atomic E-state index is 12.4. The van der Waals surface area contributed by atoms with E-state index in [2.05, 4.69) is 15.5 Å². The number of likely N-dealkylation sites (N-methyl/N-ethyl adjacent to an activating group) is 1. The number of benzene rings is 1. The zero-order valence-electron chi connectivity index (χ0n) is 11.0. The van der Waals surface area contributed by atoms with Crippen LogP contribution in [0.15, 0.2) is 30.6 Å². The minimum atomic E-state index is -1.07. The van der Waals surface area contributed by atoms with Crippen molar-refractivity contribution in [1.29, 1.82) is 0 Å².